The molecule has 1 amide bonds. The molecule has 1 aliphatic heterocycles. The minimum Gasteiger partial charge on any atom is -0.444 e. The predicted octanol–water partition coefficient (Wildman–Crippen LogP) is 1.08. The third-order valence-electron chi connectivity index (χ3n) is 2.83. The minimum absolute atomic E-state index is 0.0499. The standard InChI is InChI=1S/C12H19N3O2/c1-8(2)14-10-4-5-15(12(10)16)7-11-13-6-9(3)17-11/h6,8,10,14H,4-5,7H2,1-3H3. The minimum atomic E-state index is -0.0499. The smallest absolute Gasteiger partial charge is 0.240 e. The van der Waals surface area contributed by atoms with E-state index in [1.807, 2.05) is 20.8 Å². The summed E-state index contributed by atoms with van der Waals surface area (Å²) in [6, 6.07) is 0.277. The normalized spacial score (nSPS) is 20.6. The van der Waals surface area contributed by atoms with Gasteiger partial charge in [0.2, 0.25) is 11.8 Å². The van der Waals surface area contributed by atoms with E-state index in [4.69, 9.17) is 4.42 Å². The SMILES string of the molecule is Cc1cnc(CN2CCC(NC(C)C)C2=O)o1. The van der Waals surface area contributed by atoms with Crippen LogP contribution in [0.15, 0.2) is 10.6 Å². The van der Waals surface area contributed by atoms with Crippen molar-refractivity contribution < 1.29 is 9.21 Å². The molecule has 1 N–H and O–H groups in total. The summed E-state index contributed by atoms with van der Waals surface area (Å²) in [5, 5.41) is 3.27. The van der Waals surface area contributed by atoms with Gasteiger partial charge in [-0.3, -0.25) is 4.79 Å². The molecule has 2 rings (SSSR count). The van der Waals surface area contributed by atoms with Crippen LogP contribution in [0.1, 0.15) is 31.9 Å². The molecule has 0 aliphatic carbocycles. The number of carbonyl (C=O) groups excluding carboxylic acids is 1. The molecule has 1 unspecified atom stereocenters. The third kappa shape index (κ3) is 2.85. The zero-order chi connectivity index (χ0) is 12.4. The molecule has 17 heavy (non-hydrogen) atoms. The van der Waals surface area contributed by atoms with Crippen molar-refractivity contribution in [3.63, 3.8) is 0 Å². The number of nitrogens with zero attached hydrogens (tertiary/aromatic N) is 2. The fourth-order valence-corrected chi connectivity index (χ4v) is 2.09. The van der Waals surface area contributed by atoms with E-state index in [0.29, 0.717) is 18.5 Å². The summed E-state index contributed by atoms with van der Waals surface area (Å²) in [7, 11) is 0. The Kier molecular flexibility index (Phi) is 3.47. The van der Waals surface area contributed by atoms with Gasteiger partial charge in [0.05, 0.1) is 18.8 Å². The molecule has 1 saturated heterocycles. The Morgan fingerprint density at radius 3 is 3.00 bits per heavy atom. The van der Waals surface area contributed by atoms with Crippen molar-refractivity contribution in [2.45, 2.75) is 45.8 Å². The molecule has 0 radical (unpaired) electrons. The summed E-state index contributed by atoms with van der Waals surface area (Å²) in [6.45, 7) is 7.19. The van der Waals surface area contributed by atoms with Gasteiger partial charge in [-0.1, -0.05) is 13.8 Å². The Morgan fingerprint density at radius 2 is 2.41 bits per heavy atom. The van der Waals surface area contributed by atoms with E-state index in [9.17, 15) is 4.79 Å². The predicted molar refractivity (Wildman–Crippen MR) is 63.3 cm³/mol. The monoisotopic (exact) mass is 237 g/mol. The molecule has 1 aromatic rings. The summed E-state index contributed by atoms with van der Waals surface area (Å²) >= 11 is 0. The summed E-state index contributed by atoms with van der Waals surface area (Å²) in [4.78, 5) is 18.0. The maximum absolute atomic E-state index is 12.0. The quantitative estimate of drug-likeness (QED) is 0.851. The van der Waals surface area contributed by atoms with Crippen LogP contribution in [0.3, 0.4) is 0 Å². The molecule has 0 spiro atoms. The summed E-state index contributed by atoms with van der Waals surface area (Å²) in [5.74, 6) is 1.54. The van der Waals surface area contributed by atoms with Crippen LogP contribution in [0.2, 0.25) is 0 Å². The number of oxazole rings is 1. The zero-order valence-electron chi connectivity index (χ0n) is 10.6. The fourth-order valence-electron chi connectivity index (χ4n) is 2.09. The van der Waals surface area contributed by atoms with E-state index in [1.165, 1.54) is 0 Å². The van der Waals surface area contributed by atoms with Gasteiger partial charge in [-0.2, -0.15) is 0 Å². The number of hydrogen-bond acceptors (Lipinski definition) is 4. The first-order valence-corrected chi connectivity index (χ1v) is 6.02. The number of likely N-dealkylation sites (tertiary alicyclic amines) is 1. The Bertz CT molecular complexity index is 400. The lowest BCUT2D eigenvalue weighted by atomic mass is 10.2. The summed E-state index contributed by atoms with van der Waals surface area (Å²) in [5.41, 5.74) is 0. The van der Waals surface area contributed by atoms with Gasteiger partial charge in [0, 0.05) is 12.6 Å². The van der Waals surface area contributed by atoms with E-state index in [0.717, 1.165) is 18.7 Å². The van der Waals surface area contributed by atoms with Crippen LogP contribution in [0.5, 0.6) is 0 Å². The van der Waals surface area contributed by atoms with Crippen LogP contribution in [0.4, 0.5) is 0 Å². The van der Waals surface area contributed by atoms with Crippen LogP contribution >= 0.6 is 0 Å². The van der Waals surface area contributed by atoms with Crippen molar-refractivity contribution in [3.05, 3.63) is 17.8 Å². The molecule has 5 heteroatoms. The van der Waals surface area contributed by atoms with E-state index in [2.05, 4.69) is 10.3 Å². The molecule has 1 fully saturated rings. The molecule has 5 nitrogen and oxygen atoms in total. The molecule has 0 bridgehead atoms. The largest absolute Gasteiger partial charge is 0.444 e. The summed E-state index contributed by atoms with van der Waals surface area (Å²) in [6.07, 6.45) is 2.54. The Morgan fingerprint density at radius 1 is 1.65 bits per heavy atom. The molecule has 94 valence electrons. The van der Waals surface area contributed by atoms with E-state index in [-0.39, 0.29) is 11.9 Å². The molecule has 0 saturated carbocycles. The highest BCUT2D eigenvalue weighted by Gasteiger charge is 2.32. The van der Waals surface area contributed by atoms with Crippen LogP contribution in [-0.4, -0.2) is 34.4 Å². The van der Waals surface area contributed by atoms with Crippen molar-refractivity contribution in [2.75, 3.05) is 6.54 Å². The lowest BCUT2D eigenvalue weighted by molar-refractivity contribution is -0.130. The number of aromatic nitrogens is 1. The van der Waals surface area contributed by atoms with Gasteiger partial charge >= 0.3 is 0 Å². The topological polar surface area (TPSA) is 58.4 Å². The second kappa shape index (κ2) is 4.87. The lowest BCUT2D eigenvalue weighted by Gasteiger charge is -2.16. The number of carbonyl (C=O) groups is 1. The molecule has 2 heterocycles. The average Bonchev–Trinajstić information content (AvgIpc) is 2.79. The van der Waals surface area contributed by atoms with Gasteiger partial charge in [0.1, 0.15) is 5.76 Å². The molecule has 1 aromatic heterocycles. The first kappa shape index (κ1) is 12.1. The first-order chi connectivity index (χ1) is 8.06. The van der Waals surface area contributed by atoms with Crippen LogP contribution in [0.25, 0.3) is 0 Å². The highest BCUT2D eigenvalue weighted by Crippen LogP contribution is 2.15. The van der Waals surface area contributed by atoms with Crippen LogP contribution in [0, 0.1) is 6.92 Å². The number of aryl methyl sites for hydroxylation is 1. The number of amides is 1. The first-order valence-electron chi connectivity index (χ1n) is 6.02. The van der Waals surface area contributed by atoms with Crippen molar-refractivity contribution in [1.82, 2.24) is 15.2 Å². The maximum atomic E-state index is 12.0. The van der Waals surface area contributed by atoms with Crippen LogP contribution in [-0.2, 0) is 11.3 Å². The van der Waals surface area contributed by atoms with Gasteiger partial charge in [0.25, 0.3) is 0 Å². The van der Waals surface area contributed by atoms with E-state index >= 15 is 0 Å². The Balaban J connectivity index is 1.93. The van der Waals surface area contributed by atoms with Gasteiger partial charge in [-0.05, 0) is 13.3 Å². The zero-order valence-corrected chi connectivity index (χ0v) is 10.6. The average molecular weight is 237 g/mol. The molecule has 0 aromatic carbocycles. The van der Waals surface area contributed by atoms with E-state index < -0.39 is 0 Å². The number of rotatable bonds is 4. The lowest BCUT2D eigenvalue weighted by Crippen LogP contribution is -2.41. The maximum Gasteiger partial charge on any atom is 0.240 e. The highest BCUT2D eigenvalue weighted by molar-refractivity contribution is 5.83. The van der Waals surface area contributed by atoms with Crippen molar-refractivity contribution in [1.29, 1.82) is 0 Å². The molecule has 1 atom stereocenters. The van der Waals surface area contributed by atoms with Crippen molar-refractivity contribution >= 4 is 5.91 Å². The second-order valence-electron chi connectivity index (χ2n) is 4.79. The Labute approximate surface area is 101 Å². The van der Waals surface area contributed by atoms with Crippen LogP contribution < -0.4 is 5.32 Å². The highest BCUT2D eigenvalue weighted by atomic mass is 16.4. The van der Waals surface area contributed by atoms with Gasteiger partial charge in [0.15, 0.2) is 0 Å². The van der Waals surface area contributed by atoms with Crippen molar-refractivity contribution in [2.24, 2.45) is 0 Å². The van der Waals surface area contributed by atoms with Gasteiger partial charge in [-0.25, -0.2) is 4.98 Å². The Hall–Kier alpha value is -1.36. The number of hydrogen-bond donors (Lipinski definition) is 1. The molecular formula is C12H19N3O2. The fraction of sp³-hybridized carbons (Fsp3) is 0.667. The van der Waals surface area contributed by atoms with Gasteiger partial charge < -0.3 is 14.6 Å². The molecule has 1 aliphatic rings. The van der Waals surface area contributed by atoms with Gasteiger partial charge in [-0.15, -0.1) is 0 Å². The van der Waals surface area contributed by atoms with Crippen molar-refractivity contribution in [3.8, 4) is 0 Å². The molecular weight excluding hydrogens is 218 g/mol. The number of nitrogens with one attached hydrogen (secondary N) is 1. The summed E-state index contributed by atoms with van der Waals surface area (Å²) < 4.78 is 5.38. The van der Waals surface area contributed by atoms with E-state index in [1.54, 1.807) is 11.1 Å². The second-order valence-corrected chi connectivity index (χ2v) is 4.79. The third-order valence-corrected chi connectivity index (χ3v) is 2.83.